The number of rotatable bonds is 5. The third kappa shape index (κ3) is 3.85. The van der Waals surface area contributed by atoms with E-state index in [1.54, 1.807) is 18.2 Å². The van der Waals surface area contributed by atoms with Crippen molar-refractivity contribution in [2.75, 3.05) is 25.0 Å². The molecule has 1 amide bonds. The maximum Gasteiger partial charge on any atom is 0.238 e. The smallest absolute Gasteiger partial charge is 0.238 e. The van der Waals surface area contributed by atoms with E-state index < -0.39 is 5.60 Å². The highest BCUT2D eigenvalue weighted by atomic mass is 35.5. The van der Waals surface area contributed by atoms with Crippen molar-refractivity contribution in [1.82, 2.24) is 4.90 Å². The number of carbonyl (C=O) groups excluding carboxylic acids is 1. The molecule has 2 N–H and O–H groups in total. The third-order valence-electron chi connectivity index (χ3n) is 3.32. The van der Waals surface area contributed by atoms with Crippen LogP contribution in [-0.4, -0.2) is 41.1 Å². The van der Waals surface area contributed by atoms with Crippen LogP contribution in [0.2, 0.25) is 10.0 Å². The maximum absolute atomic E-state index is 11.9. The Morgan fingerprint density at radius 2 is 2.15 bits per heavy atom. The highest BCUT2D eigenvalue weighted by Crippen LogP contribution is 2.27. The van der Waals surface area contributed by atoms with Gasteiger partial charge in [0.25, 0.3) is 0 Å². The van der Waals surface area contributed by atoms with Crippen molar-refractivity contribution in [3.8, 4) is 0 Å². The van der Waals surface area contributed by atoms with Gasteiger partial charge in [-0.2, -0.15) is 0 Å². The number of aliphatic hydroxyl groups is 1. The van der Waals surface area contributed by atoms with Crippen molar-refractivity contribution >= 4 is 34.8 Å². The molecular weight excluding hydrogens is 299 g/mol. The van der Waals surface area contributed by atoms with Gasteiger partial charge in [0.05, 0.1) is 22.9 Å². The van der Waals surface area contributed by atoms with Crippen LogP contribution < -0.4 is 5.32 Å². The van der Waals surface area contributed by atoms with Gasteiger partial charge in [0.1, 0.15) is 0 Å². The first-order valence-electron chi connectivity index (χ1n) is 6.61. The number of carbonyl (C=O) groups is 1. The number of benzene rings is 1. The van der Waals surface area contributed by atoms with Gasteiger partial charge in [-0.25, -0.2) is 0 Å². The molecule has 1 aromatic carbocycles. The third-order valence-corrected chi connectivity index (χ3v) is 3.89. The molecule has 0 aromatic heterocycles. The van der Waals surface area contributed by atoms with Gasteiger partial charge in [0, 0.05) is 18.1 Å². The van der Waals surface area contributed by atoms with Gasteiger partial charge in [-0.15, -0.1) is 0 Å². The van der Waals surface area contributed by atoms with E-state index >= 15 is 0 Å². The first-order chi connectivity index (χ1) is 9.42. The molecule has 6 heteroatoms. The zero-order valence-corrected chi connectivity index (χ0v) is 12.8. The predicted octanol–water partition coefficient (Wildman–Crippen LogP) is 2.78. The van der Waals surface area contributed by atoms with Crippen LogP contribution in [0, 0.1) is 0 Å². The first kappa shape index (κ1) is 15.6. The zero-order chi connectivity index (χ0) is 14.8. The zero-order valence-electron chi connectivity index (χ0n) is 11.3. The van der Waals surface area contributed by atoms with E-state index in [4.69, 9.17) is 23.2 Å². The lowest BCUT2D eigenvalue weighted by atomic mass is 9.89. The summed E-state index contributed by atoms with van der Waals surface area (Å²) in [4.78, 5) is 13.8. The molecule has 1 aliphatic rings. The monoisotopic (exact) mass is 316 g/mol. The molecule has 1 aliphatic heterocycles. The highest BCUT2D eigenvalue weighted by molar-refractivity contribution is 6.35. The van der Waals surface area contributed by atoms with E-state index in [-0.39, 0.29) is 12.5 Å². The Morgan fingerprint density at radius 1 is 1.45 bits per heavy atom. The lowest BCUT2D eigenvalue weighted by Crippen LogP contribution is -2.62. The van der Waals surface area contributed by atoms with E-state index in [0.717, 1.165) is 12.8 Å². The standard InChI is InChI=1S/C14H18Cl2N2O2/c1-2-5-14(20)8-18(9-14)7-13(19)17-12-6-10(15)3-4-11(12)16/h3-4,6,20H,2,5,7-9H2,1H3,(H,17,19). The summed E-state index contributed by atoms with van der Waals surface area (Å²) in [6.07, 6.45) is 1.71. The minimum absolute atomic E-state index is 0.160. The van der Waals surface area contributed by atoms with E-state index in [1.165, 1.54) is 0 Å². The molecule has 0 saturated carbocycles. The summed E-state index contributed by atoms with van der Waals surface area (Å²) in [5, 5.41) is 13.8. The molecule has 1 saturated heterocycles. The fourth-order valence-corrected chi connectivity index (χ4v) is 2.84. The average Bonchev–Trinajstić information content (AvgIpc) is 2.32. The number of halogens is 2. The summed E-state index contributed by atoms with van der Waals surface area (Å²) in [6, 6.07) is 4.92. The molecule has 0 spiro atoms. The summed E-state index contributed by atoms with van der Waals surface area (Å²) in [5.41, 5.74) is -0.114. The SMILES string of the molecule is CCCC1(O)CN(CC(=O)Nc2cc(Cl)ccc2Cl)C1. The van der Waals surface area contributed by atoms with Crippen molar-refractivity contribution in [1.29, 1.82) is 0 Å². The molecule has 20 heavy (non-hydrogen) atoms. The van der Waals surface area contributed by atoms with Crippen LogP contribution in [0.15, 0.2) is 18.2 Å². The molecule has 1 fully saturated rings. The van der Waals surface area contributed by atoms with Crippen molar-refractivity contribution in [2.24, 2.45) is 0 Å². The van der Waals surface area contributed by atoms with E-state index in [0.29, 0.717) is 28.8 Å². The Kier molecular flexibility index (Phi) is 4.91. The number of hydrogen-bond donors (Lipinski definition) is 2. The number of anilines is 1. The topological polar surface area (TPSA) is 52.6 Å². The number of nitrogens with one attached hydrogen (secondary N) is 1. The summed E-state index contributed by atoms with van der Waals surface area (Å²) >= 11 is 11.8. The fraction of sp³-hybridized carbons (Fsp3) is 0.500. The van der Waals surface area contributed by atoms with Crippen LogP contribution >= 0.6 is 23.2 Å². The van der Waals surface area contributed by atoms with Gasteiger partial charge >= 0.3 is 0 Å². The molecule has 110 valence electrons. The summed E-state index contributed by atoms with van der Waals surface area (Å²) in [7, 11) is 0. The van der Waals surface area contributed by atoms with Crippen molar-refractivity contribution in [3.63, 3.8) is 0 Å². The Bertz CT molecular complexity index is 502. The highest BCUT2D eigenvalue weighted by Gasteiger charge is 2.40. The van der Waals surface area contributed by atoms with Gasteiger partial charge in [-0.1, -0.05) is 36.5 Å². The molecule has 1 aromatic rings. The quantitative estimate of drug-likeness (QED) is 0.878. The average molecular weight is 317 g/mol. The Balaban J connectivity index is 1.84. The molecule has 4 nitrogen and oxygen atoms in total. The molecular formula is C14H18Cl2N2O2. The normalized spacial score (nSPS) is 17.6. The van der Waals surface area contributed by atoms with Gasteiger partial charge in [-0.05, 0) is 24.6 Å². The van der Waals surface area contributed by atoms with Crippen molar-refractivity contribution in [3.05, 3.63) is 28.2 Å². The molecule has 2 rings (SSSR count). The fourth-order valence-electron chi connectivity index (χ4n) is 2.51. The molecule has 0 radical (unpaired) electrons. The number of nitrogens with zero attached hydrogens (tertiary/aromatic N) is 1. The van der Waals surface area contributed by atoms with E-state index in [9.17, 15) is 9.90 Å². The van der Waals surface area contributed by atoms with Gasteiger partial charge in [-0.3, -0.25) is 9.69 Å². The molecule has 0 atom stereocenters. The van der Waals surface area contributed by atoms with Crippen molar-refractivity contribution < 1.29 is 9.90 Å². The lowest BCUT2D eigenvalue weighted by molar-refractivity contribution is -0.129. The Labute approximate surface area is 128 Å². The van der Waals surface area contributed by atoms with Crippen LogP contribution in [0.3, 0.4) is 0 Å². The molecule has 0 aliphatic carbocycles. The second kappa shape index (κ2) is 6.31. The van der Waals surface area contributed by atoms with Gasteiger partial charge in [0.15, 0.2) is 0 Å². The lowest BCUT2D eigenvalue weighted by Gasteiger charge is -2.46. The minimum atomic E-state index is -0.622. The molecule has 0 unspecified atom stereocenters. The molecule has 0 bridgehead atoms. The molecule has 1 heterocycles. The Morgan fingerprint density at radius 3 is 2.80 bits per heavy atom. The van der Waals surface area contributed by atoms with E-state index in [1.807, 2.05) is 11.8 Å². The minimum Gasteiger partial charge on any atom is -0.387 e. The summed E-state index contributed by atoms with van der Waals surface area (Å²) < 4.78 is 0. The van der Waals surface area contributed by atoms with Crippen LogP contribution in [0.5, 0.6) is 0 Å². The number of likely N-dealkylation sites (tertiary alicyclic amines) is 1. The number of β-amino-alcohol motifs (C(OH)–C–C–N with tert-alkyl or cyclic N) is 1. The maximum atomic E-state index is 11.9. The van der Waals surface area contributed by atoms with Gasteiger partial charge < -0.3 is 10.4 Å². The van der Waals surface area contributed by atoms with Gasteiger partial charge in [0.2, 0.25) is 5.91 Å². The number of hydrogen-bond acceptors (Lipinski definition) is 3. The number of amides is 1. The van der Waals surface area contributed by atoms with Crippen molar-refractivity contribution in [2.45, 2.75) is 25.4 Å². The van der Waals surface area contributed by atoms with Crippen LogP contribution in [0.1, 0.15) is 19.8 Å². The largest absolute Gasteiger partial charge is 0.387 e. The summed E-state index contributed by atoms with van der Waals surface area (Å²) in [6.45, 7) is 3.36. The Hall–Kier alpha value is -0.810. The van der Waals surface area contributed by atoms with Crippen LogP contribution in [-0.2, 0) is 4.79 Å². The summed E-state index contributed by atoms with van der Waals surface area (Å²) in [5.74, 6) is -0.160. The second-order valence-electron chi connectivity index (χ2n) is 5.29. The first-order valence-corrected chi connectivity index (χ1v) is 7.37. The van der Waals surface area contributed by atoms with Crippen LogP contribution in [0.4, 0.5) is 5.69 Å². The second-order valence-corrected chi connectivity index (χ2v) is 6.14. The van der Waals surface area contributed by atoms with E-state index in [2.05, 4.69) is 5.32 Å². The van der Waals surface area contributed by atoms with Crippen LogP contribution in [0.25, 0.3) is 0 Å². The predicted molar refractivity (Wildman–Crippen MR) is 81.4 cm³/mol.